The smallest absolute Gasteiger partial charge is 0.407 e. The number of nitrogens with one attached hydrogen (secondary N) is 2. The fraction of sp³-hybridized carbons (Fsp3) is 0.576. The van der Waals surface area contributed by atoms with Gasteiger partial charge in [-0.2, -0.15) is 4.31 Å². The van der Waals surface area contributed by atoms with Gasteiger partial charge in [0.15, 0.2) is 0 Å². The number of halogens is 2. The molecule has 3 N–H and O–H groups in total. The number of likely N-dealkylation sites (N-methyl/N-ethyl adjacent to an activating group) is 1. The van der Waals surface area contributed by atoms with Crippen molar-refractivity contribution in [3.8, 4) is 0 Å². The highest BCUT2D eigenvalue weighted by molar-refractivity contribution is 7.89. The maximum absolute atomic E-state index is 15.4. The van der Waals surface area contributed by atoms with Crippen LogP contribution in [0, 0.1) is 17.6 Å². The fourth-order valence-electron chi connectivity index (χ4n) is 7.31. The summed E-state index contributed by atoms with van der Waals surface area (Å²) in [6.45, 7) is 3.29. The van der Waals surface area contributed by atoms with E-state index < -0.39 is 45.6 Å². The average Bonchev–Trinajstić information content (AvgIpc) is 3.15. The minimum atomic E-state index is -3.43. The second-order valence-corrected chi connectivity index (χ2v) is 14.7. The van der Waals surface area contributed by atoms with Crippen molar-refractivity contribution in [1.29, 1.82) is 0 Å². The summed E-state index contributed by atoms with van der Waals surface area (Å²) in [6, 6.07) is 8.60. The number of hydrogen-bond acceptors (Lipinski definition) is 6. The lowest BCUT2D eigenvalue weighted by atomic mass is 9.74. The Morgan fingerprint density at radius 3 is 2.65 bits per heavy atom. The molecule has 0 aliphatic carbocycles. The van der Waals surface area contributed by atoms with E-state index in [0.717, 1.165) is 17.7 Å². The van der Waals surface area contributed by atoms with Gasteiger partial charge in [0.1, 0.15) is 17.7 Å². The molecular formula is C33H44F2N4O6S. The number of benzene rings is 2. The number of hydrogen-bond donors (Lipinski definition) is 3. The van der Waals surface area contributed by atoms with Gasteiger partial charge < -0.3 is 20.5 Å². The molecule has 2 aromatic rings. The molecule has 10 nitrogen and oxygen atoms in total. The Kier molecular flexibility index (Phi) is 11.0. The highest BCUT2D eigenvalue weighted by atomic mass is 32.2. The van der Waals surface area contributed by atoms with Gasteiger partial charge in [0.05, 0.1) is 11.9 Å². The van der Waals surface area contributed by atoms with Gasteiger partial charge in [-0.3, -0.25) is 9.69 Å². The van der Waals surface area contributed by atoms with E-state index >= 15 is 4.39 Å². The van der Waals surface area contributed by atoms with E-state index in [2.05, 4.69) is 10.6 Å². The molecule has 0 spiro atoms. The van der Waals surface area contributed by atoms with Gasteiger partial charge in [-0.05, 0) is 80.7 Å². The first-order valence-corrected chi connectivity index (χ1v) is 17.7. The Labute approximate surface area is 269 Å². The average molecular weight is 663 g/mol. The van der Waals surface area contributed by atoms with Crippen LogP contribution in [0.5, 0.6) is 0 Å². The van der Waals surface area contributed by atoms with Gasteiger partial charge in [-0.1, -0.05) is 25.1 Å². The third kappa shape index (κ3) is 7.70. The minimum Gasteiger partial charge on any atom is -0.465 e. The Morgan fingerprint density at radius 1 is 1.17 bits per heavy atom. The number of piperazine rings is 1. The van der Waals surface area contributed by atoms with Crippen molar-refractivity contribution in [2.75, 3.05) is 37.8 Å². The Hall–Kier alpha value is -3.13. The molecule has 13 heteroatoms. The van der Waals surface area contributed by atoms with Gasteiger partial charge in [0, 0.05) is 56.0 Å². The van der Waals surface area contributed by atoms with Crippen LogP contribution in [0.15, 0.2) is 42.5 Å². The maximum atomic E-state index is 15.4. The standard InChI is InChI=1S/C33H44F2N4O6S/c1-3-26-18-22(15-16-45-26)30(21-9-11-23(34)12-10-21)31(38(2)33(41)42)32(40)37-29-8-4-7-28(35)27(29)14-13-25-19-36-24-6-5-17-46(43,44)39(25)20-24/h4,7-12,22,24-26,30-31,36H,3,5-6,13-20H2,1-2H3,(H,37,40)(H,41,42)/t22-,24+,25-,26-,30-,31-/m0/s1. The molecule has 1 unspecified atom stereocenters. The number of ether oxygens (including phenoxy) is 1. The van der Waals surface area contributed by atoms with Crippen molar-refractivity contribution < 1.29 is 36.6 Å². The summed E-state index contributed by atoms with van der Waals surface area (Å²) in [6.07, 6.45) is 2.41. The molecule has 3 saturated heterocycles. The first-order valence-electron chi connectivity index (χ1n) is 16.1. The largest absolute Gasteiger partial charge is 0.465 e. The second-order valence-electron chi connectivity index (χ2n) is 12.7. The molecule has 0 aromatic heterocycles. The van der Waals surface area contributed by atoms with Crippen LogP contribution in [0.4, 0.5) is 19.3 Å². The predicted molar refractivity (Wildman–Crippen MR) is 170 cm³/mol. The third-order valence-electron chi connectivity index (χ3n) is 9.82. The molecule has 3 aliphatic heterocycles. The van der Waals surface area contributed by atoms with Crippen LogP contribution >= 0.6 is 0 Å². The molecule has 2 bridgehead atoms. The van der Waals surface area contributed by atoms with E-state index in [4.69, 9.17) is 4.74 Å². The van der Waals surface area contributed by atoms with Gasteiger partial charge in [-0.25, -0.2) is 22.0 Å². The summed E-state index contributed by atoms with van der Waals surface area (Å²) in [7, 11) is -2.10. The van der Waals surface area contributed by atoms with Crippen LogP contribution in [-0.2, 0) is 26.0 Å². The summed E-state index contributed by atoms with van der Waals surface area (Å²) >= 11 is 0. The number of anilines is 1. The molecule has 2 aromatic carbocycles. The van der Waals surface area contributed by atoms with Crippen LogP contribution in [0.3, 0.4) is 0 Å². The quantitative estimate of drug-likeness (QED) is 0.340. The van der Waals surface area contributed by atoms with Crippen LogP contribution in [-0.4, -0.2) is 91.5 Å². The number of sulfonamides is 1. The van der Waals surface area contributed by atoms with Crippen LogP contribution in [0.25, 0.3) is 0 Å². The number of carboxylic acid groups (broad SMARTS) is 1. The summed E-state index contributed by atoms with van der Waals surface area (Å²) in [5.41, 5.74) is 1.04. The number of amides is 2. The van der Waals surface area contributed by atoms with Crippen LogP contribution in [0.1, 0.15) is 62.5 Å². The minimum absolute atomic E-state index is 0.0621. The molecule has 0 saturated carbocycles. The molecule has 3 fully saturated rings. The van der Waals surface area contributed by atoms with E-state index in [-0.39, 0.29) is 47.5 Å². The molecule has 3 aliphatic rings. The zero-order valence-corrected chi connectivity index (χ0v) is 27.1. The van der Waals surface area contributed by atoms with E-state index in [1.54, 1.807) is 22.5 Å². The number of nitrogens with zero attached hydrogens (tertiary/aromatic N) is 2. The van der Waals surface area contributed by atoms with Gasteiger partial charge in [0.2, 0.25) is 15.9 Å². The molecule has 252 valence electrons. The fourth-order valence-corrected chi connectivity index (χ4v) is 9.12. The highest BCUT2D eigenvalue weighted by Gasteiger charge is 2.42. The Morgan fingerprint density at radius 2 is 1.93 bits per heavy atom. The second kappa shape index (κ2) is 14.7. The van der Waals surface area contributed by atoms with Crippen molar-refractivity contribution in [2.45, 2.75) is 82.0 Å². The normalized spacial score (nSPS) is 27.2. The lowest BCUT2D eigenvalue weighted by molar-refractivity contribution is -0.122. The lowest BCUT2D eigenvalue weighted by Crippen LogP contribution is -2.57. The van der Waals surface area contributed by atoms with Crippen molar-refractivity contribution in [3.05, 3.63) is 65.2 Å². The summed E-state index contributed by atoms with van der Waals surface area (Å²) in [4.78, 5) is 27.6. The van der Waals surface area contributed by atoms with Crippen LogP contribution in [0.2, 0.25) is 0 Å². The first kappa shape index (κ1) is 34.2. The van der Waals surface area contributed by atoms with Crippen molar-refractivity contribution >= 4 is 27.7 Å². The lowest BCUT2D eigenvalue weighted by Gasteiger charge is -2.40. The summed E-state index contributed by atoms with van der Waals surface area (Å²) in [5, 5.41) is 16.4. The van der Waals surface area contributed by atoms with E-state index in [1.807, 2.05) is 6.92 Å². The zero-order chi connectivity index (χ0) is 33.0. The number of carbonyl (C=O) groups is 2. The topological polar surface area (TPSA) is 128 Å². The maximum Gasteiger partial charge on any atom is 0.407 e. The summed E-state index contributed by atoms with van der Waals surface area (Å²) in [5.74, 6) is -2.33. The zero-order valence-electron chi connectivity index (χ0n) is 26.3. The first-order chi connectivity index (χ1) is 22.0. The molecule has 5 rings (SSSR count). The monoisotopic (exact) mass is 662 g/mol. The van der Waals surface area contributed by atoms with Gasteiger partial charge in [0.25, 0.3) is 0 Å². The molecule has 7 atom stereocenters. The van der Waals surface area contributed by atoms with E-state index in [1.165, 1.54) is 31.3 Å². The van der Waals surface area contributed by atoms with E-state index in [0.29, 0.717) is 50.9 Å². The van der Waals surface area contributed by atoms with Crippen molar-refractivity contribution in [3.63, 3.8) is 0 Å². The molecule has 3 heterocycles. The Bertz CT molecular complexity index is 1490. The number of carbonyl (C=O) groups excluding carboxylic acids is 1. The van der Waals surface area contributed by atoms with Gasteiger partial charge in [-0.15, -0.1) is 0 Å². The third-order valence-corrected chi connectivity index (χ3v) is 11.8. The van der Waals surface area contributed by atoms with Crippen molar-refractivity contribution in [2.24, 2.45) is 5.92 Å². The number of rotatable bonds is 10. The SMILES string of the molecule is CC[C@H]1C[C@@H]([C@H](c2ccc(F)cc2)[C@@H](C(=O)Nc2cccc(F)c2CC[C@H]2CN[C@@H]3CCCS(=O)(=O)N2C3)N(C)C(=O)O)CCO1. The molecular weight excluding hydrogens is 618 g/mol. The van der Waals surface area contributed by atoms with Crippen molar-refractivity contribution in [1.82, 2.24) is 14.5 Å². The molecule has 46 heavy (non-hydrogen) atoms. The highest BCUT2D eigenvalue weighted by Crippen LogP contribution is 2.40. The van der Waals surface area contributed by atoms with E-state index in [9.17, 15) is 27.5 Å². The predicted octanol–water partition coefficient (Wildman–Crippen LogP) is 4.57. The number of fused-ring (bicyclic) bond motifs is 2. The van der Waals surface area contributed by atoms with Gasteiger partial charge >= 0.3 is 6.09 Å². The molecule has 2 amide bonds. The molecule has 0 radical (unpaired) electrons. The Balaban J connectivity index is 1.43. The van der Waals surface area contributed by atoms with Crippen LogP contribution < -0.4 is 10.6 Å². The summed E-state index contributed by atoms with van der Waals surface area (Å²) < 4.78 is 62.7.